The number of fused-ring (bicyclic) bond motifs is 1. The predicted octanol–water partition coefficient (Wildman–Crippen LogP) is 2.24. The van der Waals surface area contributed by atoms with Gasteiger partial charge < -0.3 is 9.88 Å². The summed E-state index contributed by atoms with van der Waals surface area (Å²) < 4.78 is 1.74. The molecule has 2 aromatic heterocycles. The number of rotatable bonds is 2. The van der Waals surface area contributed by atoms with Gasteiger partial charge in [0.05, 0.1) is 12.2 Å². The second kappa shape index (κ2) is 5.63. The molecule has 1 amide bonds. The van der Waals surface area contributed by atoms with Crippen LogP contribution >= 0.6 is 0 Å². The monoisotopic (exact) mass is 322 g/mol. The number of nitrogens with zero attached hydrogens (tertiary/aromatic N) is 3. The van der Waals surface area contributed by atoms with E-state index in [1.165, 1.54) is 0 Å². The Morgan fingerprint density at radius 3 is 2.96 bits per heavy atom. The number of nitrogens with one attached hydrogen (secondary N) is 1. The highest BCUT2D eigenvalue weighted by Gasteiger charge is 2.32. The van der Waals surface area contributed by atoms with Crippen LogP contribution in [0.1, 0.15) is 34.8 Å². The first kappa shape index (κ1) is 14.7. The van der Waals surface area contributed by atoms with Crippen LogP contribution in [-0.2, 0) is 7.05 Å². The minimum atomic E-state index is -0.337. The first-order valence-corrected chi connectivity index (χ1v) is 8.05. The third kappa shape index (κ3) is 2.40. The summed E-state index contributed by atoms with van der Waals surface area (Å²) in [4.78, 5) is 29.9. The zero-order valence-corrected chi connectivity index (χ0v) is 13.4. The van der Waals surface area contributed by atoms with E-state index >= 15 is 0 Å². The largest absolute Gasteiger partial charge is 0.331 e. The highest BCUT2D eigenvalue weighted by Crippen LogP contribution is 2.32. The van der Waals surface area contributed by atoms with E-state index in [0.29, 0.717) is 6.54 Å². The van der Waals surface area contributed by atoms with Gasteiger partial charge in [0.1, 0.15) is 5.56 Å². The number of carbonyl (C=O) groups excluding carboxylic acids is 1. The number of hydrogen-bond donors (Lipinski definition) is 1. The molecule has 1 fully saturated rings. The first-order chi connectivity index (χ1) is 11.6. The number of benzene rings is 1. The SMILES string of the molecule is Cn1cc([C@H]2CCCN2C(=O)c2cc3ccccc3[nH]c2=O)cn1. The molecule has 1 aliphatic heterocycles. The number of aromatic amines is 1. The highest BCUT2D eigenvalue weighted by molar-refractivity contribution is 5.97. The number of aromatic nitrogens is 3. The average molecular weight is 322 g/mol. The van der Waals surface area contributed by atoms with Gasteiger partial charge in [0.2, 0.25) is 0 Å². The number of pyridine rings is 1. The van der Waals surface area contributed by atoms with Gasteiger partial charge in [-0.15, -0.1) is 0 Å². The van der Waals surface area contributed by atoms with Crippen LogP contribution in [0.2, 0.25) is 0 Å². The van der Waals surface area contributed by atoms with Gasteiger partial charge in [0.15, 0.2) is 0 Å². The number of para-hydroxylation sites is 1. The number of hydrogen-bond acceptors (Lipinski definition) is 3. The second-order valence-electron chi connectivity index (χ2n) is 6.20. The quantitative estimate of drug-likeness (QED) is 0.786. The molecular weight excluding hydrogens is 304 g/mol. The maximum atomic E-state index is 13.0. The molecule has 1 aromatic carbocycles. The number of H-pyrrole nitrogens is 1. The molecule has 1 N–H and O–H groups in total. The fourth-order valence-electron chi connectivity index (χ4n) is 3.43. The van der Waals surface area contributed by atoms with Crippen molar-refractivity contribution in [3.8, 4) is 0 Å². The Labute approximate surface area is 138 Å². The van der Waals surface area contributed by atoms with E-state index < -0.39 is 0 Å². The summed E-state index contributed by atoms with van der Waals surface area (Å²) in [7, 11) is 1.86. The van der Waals surface area contributed by atoms with Crippen LogP contribution in [0, 0.1) is 0 Å². The minimum Gasteiger partial charge on any atom is -0.331 e. The Morgan fingerprint density at radius 2 is 2.17 bits per heavy atom. The molecule has 0 bridgehead atoms. The smallest absolute Gasteiger partial charge is 0.261 e. The lowest BCUT2D eigenvalue weighted by atomic mass is 10.1. The van der Waals surface area contributed by atoms with Gasteiger partial charge in [0, 0.05) is 30.9 Å². The van der Waals surface area contributed by atoms with E-state index in [2.05, 4.69) is 10.1 Å². The fourth-order valence-corrected chi connectivity index (χ4v) is 3.43. The summed E-state index contributed by atoms with van der Waals surface area (Å²) in [6.07, 6.45) is 5.54. The van der Waals surface area contributed by atoms with Gasteiger partial charge in [-0.3, -0.25) is 14.3 Å². The summed E-state index contributed by atoms with van der Waals surface area (Å²) in [6, 6.07) is 9.15. The van der Waals surface area contributed by atoms with Crippen LogP contribution < -0.4 is 5.56 Å². The van der Waals surface area contributed by atoms with E-state index in [4.69, 9.17) is 0 Å². The van der Waals surface area contributed by atoms with Crippen LogP contribution in [0.15, 0.2) is 47.5 Å². The van der Waals surface area contributed by atoms with E-state index in [9.17, 15) is 9.59 Å². The lowest BCUT2D eigenvalue weighted by molar-refractivity contribution is 0.0734. The number of likely N-dealkylation sites (tertiary alicyclic amines) is 1. The molecule has 0 spiro atoms. The molecule has 3 heterocycles. The van der Waals surface area contributed by atoms with Gasteiger partial charge in [0.25, 0.3) is 11.5 Å². The van der Waals surface area contributed by atoms with E-state index in [1.807, 2.05) is 37.5 Å². The molecule has 0 unspecified atom stereocenters. The summed E-state index contributed by atoms with van der Waals surface area (Å²) in [6.45, 7) is 0.657. The van der Waals surface area contributed by atoms with Crippen molar-refractivity contribution in [1.82, 2.24) is 19.7 Å². The molecule has 3 aromatic rings. The van der Waals surface area contributed by atoms with Crippen molar-refractivity contribution >= 4 is 16.8 Å². The van der Waals surface area contributed by atoms with E-state index in [-0.39, 0.29) is 23.1 Å². The van der Waals surface area contributed by atoms with Gasteiger partial charge in [-0.25, -0.2) is 0 Å². The van der Waals surface area contributed by atoms with Crippen LogP contribution in [0.25, 0.3) is 10.9 Å². The van der Waals surface area contributed by atoms with E-state index in [0.717, 1.165) is 29.3 Å². The molecule has 1 atom stereocenters. The van der Waals surface area contributed by atoms with Gasteiger partial charge in [-0.2, -0.15) is 5.10 Å². The molecule has 4 rings (SSSR count). The Bertz CT molecular complexity index is 972. The third-order valence-electron chi connectivity index (χ3n) is 4.61. The molecule has 1 saturated heterocycles. The van der Waals surface area contributed by atoms with Crippen LogP contribution in [0.4, 0.5) is 0 Å². The second-order valence-corrected chi connectivity index (χ2v) is 6.20. The average Bonchev–Trinajstić information content (AvgIpc) is 3.22. The zero-order chi connectivity index (χ0) is 16.7. The normalized spacial score (nSPS) is 17.5. The molecule has 122 valence electrons. The third-order valence-corrected chi connectivity index (χ3v) is 4.61. The maximum absolute atomic E-state index is 13.0. The molecule has 1 aliphatic rings. The Kier molecular flexibility index (Phi) is 3.45. The highest BCUT2D eigenvalue weighted by atomic mass is 16.2. The van der Waals surface area contributed by atoms with Crippen molar-refractivity contribution in [1.29, 1.82) is 0 Å². The van der Waals surface area contributed by atoms with Crippen molar-refractivity contribution in [3.63, 3.8) is 0 Å². The zero-order valence-electron chi connectivity index (χ0n) is 13.4. The Hall–Kier alpha value is -2.89. The van der Waals surface area contributed by atoms with Crippen molar-refractivity contribution < 1.29 is 4.79 Å². The summed E-state index contributed by atoms with van der Waals surface area (Å²) in [5, 5.41) is 5.06. The van der Waals surface area contributed by atoms with Crippen LogP contribution in [0.5, 0.6) is 0 Å². The summed E-state index contributed by atoms with van der Waals surface area (Å²) >= 11 is 0. The molecule has 0 saturated carbocycles. The van der Waals surface area contributed by atoms with Crippen molar-refractivity contribution in [3.05, 3.63) is 64.2 Å². The molecule has 6 heteroatoms. The number of amides is 1. The first-order valence-electron chi connectivity index (χ1n) is 8.05. The Morgan fingerprint density at radius 1 is 1.33 bits per heavy atom. The summed E-state index contributed by atoms with van der Waals surface area (Å²) in [5.74, 6) is -0.214. The predicted molar refractivity (Wildman–Crippen MR) is 90.8 cm³/mol. The lowest BCUT2D eigenvalue weighted by Gasteiger charge is -2.23. The fraction of sp³-hybridized carbons (Fsp3) is 0.278. The Balaban J connectivity index is 1.72. The van der Waals surface area contributed by atoms with E-state index in [1.54, 1.807) is 21.8 Å². The molecule has 0 radical (unpaired) electrons. The number of aryl methyl sites for hydroxylation is 1. The van der Waals surface area contributed by atoms with Crippen molar-refractivity contribution in [2.24, 2.45) is 7.05 Å². The van der Waals surface area contributed by atoms with Crippen LogP contribution in [0.3, 0.4) is 0 Å². The van der Waals surface area contributed by atoms with Gasteiger partial charge in [-0.1, -0.05) is 18.2 Å². The molecule has 24 heavy (non-hydrogen) atoms. The molecule has 0 aliphatic carbocycles. The summed E-state index contributed by atoms with van der Waals surface area (Å²) in [5.41, 5.74) is 1.62. The standard InChI is InChI=1S/C18H18N4O2/c1-21-11-13(10-19-21)16-7-4-8-22(16)18(24)14-9-12-5-2-3-6-15(12)20-17(14)23/h2-3,5-6,9-11,16H,4,7-8H2,1H3,(H,20,23)/t16-/m1/s1. The minimum absolute atomic E-state index is 0.0166. The lowest BCUT2D eigenvalue weighted by Crippen LogP contribution is -2.34. The van der Waals surface area contributed by atoms with Crippen molar-refractivity contribution in [2.75, 3.05) is 6.54 Å². The van der Waals surface area contributed by atoms with Crippen molar-refractivity contribution in [2.45, 2.75) is 18.9 Å². The maximum Gasteiger partial charge on any atom is 0.261 e. The van der Waals surface area contributed by atoms with Gasteiger partial charge >= 0.3 is 0 Å². The molecular formula is C18H18N4O2. The van der Waals surface area contributed by atoms with Gasteiger partial charge in [-0.05, 0) is 30.4 Å². The van der Waals surface area contributed by atoms with Crippen LogP contribution in [-0.4, -0.2) is 32.1 Å². The molecule has 6 nitrogen and oxygen atoms in total. The topological polar surface area (TPSA) is 71.0 Å². The number of carbonyl (C=O) groups is 1.